The molecule has 1 aromatic rings. The highest BCUT2D eigenvalue weighted by molar-refractivity contribution is 6.24. The Bertz CT molecular complexity index is 1140. The van der Waals surface area contributed by atoms with Gasteiger partial charge in [0.25, 0.3) is 5.91 Å². The molecule has 5 rings (SSSR count). The summed E-state index contributed by atoms with van der Waals surface area (Å²) in [6, 6.07) is 3.35. The first kappa shape index (κ1) is 20.8. The van der Waals surface area contributed by atoms with Crippen LogP contribution in [0.5, 0.6) is 5.75 Å². The van der Waals surface area contributed by atoms with E-state index in [1.807, 2.05) is 6.07 Å². The molecule has 0 saturated heterocycles. The molecule has 168 valence electrons. The number of phenols is 1. The van der Waals surface area contributed by atoms with Crippen LogP contribution in [0, 0.1) is 11.8 Å². The van der Waals surface area contributed by atoms with Crippen LogP contribution in [0.1, 0.15) is 65.9 Å². The number of Topliss-reactive ketones (excluding diaryl/α,β-unsaturated/α-hetero) is 2. The highest BCUT2D eigenvalue weighted by Crippen LogP contribution is 2.52. The Morgan fingerprint density at radius 1 is 1.03 bits per heavy atom. The SMILES string of the molecule is NC(=O)C1=C(O)C[C@@H]2C[C@@H]3Cc4c(C5CCCC5)ccc(O)c4C(=O)C3=C(O)C2(O)C1=O. The molecule has 4 aliphatic rings. The summed E-state index contributed by atoms with van der Waals surface area (Å²) in [6.07, 6.45) is 4.54. The van der Waals surface area contributed by atoms with Crippen LogP contribution >= 0.6 is 0 Å². The summed E-state index contributed by atoms with van der Waals surface area (Å²) in [7, 11) is 0. The van der Waals surface area contributed by atoms with Gasteiger partial charge in [-0.2, -0.15) is 0 Å². The first-order valence-corrected chi connectivity index (χ1v) is 11.0. The number of carbonyl (C=O) groups is 3. The fraction of sp³-hybridized carbons (Fsp3) is 0.458. The van der Waals surface area contributed by atoms with Crippen molar-refractivity contribution in [1.82, 2.24) is 0 Å². The van der Waals surface area contributed by atoms with E-state index in [1.165, 1.54) is 6.07 Å². The average Bonchev–Trinajstić information content (AvgIpc) is 3.25. The predicted molar refractivity (Wildman–Crippen MR) is 112 cm³/mol. The van der Waals surface area contributed by atoms with Gasteiger partial charge in [0, 0.05) is 17.9 Å². The Kier molecular flexibility index (Phi) is 4.50. The van der Waals surface area contributed by atoms with Gasteiger partial charge in [-0.1, -0.05) is 18.9 Å². The number of ketones is 2. The van der Waals surface area contributed by atoms with Gasteiger partial charge in [-0.25, -0.2) is 0 Å². The summed E-state index contributed by atoms with van der Waals surface area (Å²) in [6.45, 7) is 0. The lowest BCUT2D eigenvalue weighted by molar-refractivity contribution is -0.144. The second-order valence-corrected chi connectivity index (χ2v) is 9.42. The molecule has 1 unspecified atom stereocenters. The van der Waals surface area contributed by atoms with Crippen molar-refractivity contribution in [3.8, 4) is 5.75 Å². The molecule has 1 aromatic carbocycles. The van der Waals surface area contributed by atoms with Gasteiger partial charge in [-0.3, -0.25) is 14.4 Å². The molecule has 1 amide bonds. The van der Waals surface area contributed by atoms with Crippen molar-refractivity contribution < 1.29 is 34.8 Å². The van der Waals surface area contributed by atoms with Gasteiger partial charge in [-0.05, 0) is 54.7 Å². The van der Waals surface area contributed by atoms with Crippen LogP contribution in [0.4, 0.5) is 0 Å². The van der Waals surface area contributed by atoms with Gasteiger partial charge in [0.1, 0.15) is 22.8 Å². The number of aliphatic hydroxyl groups is 3. The van der Waals surface area contributed by atoms with E-state index in [1.54, 1.807) is 0 Å². The number of benzene rings is 1. The molecule has 0 aliphatic heterocycles. The molecule has 6 N–H and O–H groups in total. The first-order chi connectivity index (χ1) is 15.2. The third kappa shape index (κ3) is 2.62. The van der Waals surface area contributed by atoms with Gasteiger partial charge in [0.05, 0.1) is 5.56 Å². The zero-order chi connectivity index (χ0) is 22.9. The fourth-order valence-corrected chi connectivity index (χ4v) is 6.26. The maximum Gasteiger partial charge on any atom is 0.255 e. The maximum atomic E-state index is 13.5. The van der Waals surface area contributed by atoms with Crippen molar-refractivity contribution in [2.24, 2.45) is 17.6 Å². The normalized spacial score (nSPS) is 30.3. The second-order valence-electron chi connectivity index (χ2n) is 9.42. The van der Waals surface area contributed by atoms with E-state index in [2.05, 4.69) is 0 Å². The van der Waals surface area contributed by atoms with Crippen LogP contribution in [0.25, 0.3) is 0 Å². The topological polar surface area (TPSA) is 158 Å². The number of carbonyl (C=O) groups excluding carboxylic acids is 3. The van der Waals surface area contributed by atoms with E-state index in [9.17, 15) is 34.8 Å². The van der Waals surface area contributed by atoms with Crippen LogP contribution in [-0.2, 0) is 16.0 Å². The number of phenolic OH excluding ortho intramolecular Hbond substituents is 1. The Hall–Kier alpha value is -3.13. The van der Waals surface area contributed by atoms with Crippen LogP contribution in [0.2, 0.25) is 0 Å². The lowest BCUT2D eigenvalue weighted by Crippen LogP contribution is -2.57. The number of hydrogen-bond donors (Lipinski definition) is 5. The molecule has 1 fully saturated rings. The van der Waals surface area contributed by atoms with Crippen molar-refractivity contribution in [2.45, 2.75) is 56.5 Å². The lowest BCUT2D eigenvalue weighted by atomic mass is 9.60. The molecule has 0 bridgehead atoms. The minimum Gasteiger partial charge on any atom is -0.511 e. The molecule has 1 saturated carbocycles. The molecule has 8 heteroatoms. The van der Waals surface area contributed by atoms with E-state index < -0.39 is 52.0 Å². The molecule has 0 radical (unpaired) electrons. The molecule has 0 aromatic heterocycles. The standard InChI is InChI=1S/C24H25NO7/c25-23(31)19-16(27)9-12-7-11-8-14-13(10-3-1-2-4-10)5-6-15(26)18(14)20(28)17(11)21(29)24(12,32)22(19)30/h5-6,10-12,26-27,29,32H,1-4,7-9H2,(H2,25,31)/t11-,12+,24?/m1/s1. The zero-order valence-corrected chi connectivity index (χ0v) is 17.4. The van der Waals surface area contributed by atoms with E-state index in [4.69, 9.17) is 5.73 Å². The molecule has 0 heterocycles. The number of aromatic hydroxyl groups is 1. The number of amides is 1. The minimum absolute atomic E-state index is 0.103. The molecule has 3 atom stereocenters. The number of aliphatic hydroxyl groups excluding tert-OH is 2. The van der Waals surface area contributed by atoms with Gasteiger partial charge in [0.2, 0.25) is 5.78 Å². The van der Waals surface area contributed by atoms with Crippen molar-refractivity contribution in [2.75, 3.05) is 0 Å². The minimum atomic E-state index is -2.52. The Labute approximate surface area is 184 Å². The summed E-state index contributed by atoms with van der Waals surface area (Å²) >= 11 is 0. The predicted octanol–water partition coefficient (Wildman–Crippen LogP) is 2.24. The van der Waals surface area contributed by atoms with Crippen LogP contribution in [0.3, 0.4) is 0 Å². The number of primary amides is 1. The number of allylic oxidation sites excluding steroid dienone is 2. The fourth-order valence-electron chi connectivity index (χ4n) is 6.26. The van der Waals surface area contributed by atoms with Crippen molar-refractivity contribution in [3.05, 3.63) is 51.5 Å². The summed E-state index contributed by atoms with van der Waals surface area (Å²) in [5.74, 6) is -5.65. The largest absolute Gasteiger partial charge is 0.511 e. The molecule has 32 heavy (non-hydrogen) atoms. The van der Waals surface area contributed by atoms with E-state index in [-0.39, 0.29) is 29.7 Å². The first-order valence-electron chi connectivity index (χ1n) is 11.0. The summed E-state index contributed by atoms with van der Waals surface area (Å²) < 4.78 is 0. The highest BCUT2D eigenvalue weighted by atomic mass is 16.3. The molecule has 8 nitrogen and oxygen atoms in total. The molecular weight excluding hydrogens is 414 g/mol. The third-order valence-electron chi connectivity index (χ3n) is 7.78. The summed E-state index contributed by atoms with van der Waals surface area (Å²) in [5.41, 5.74) is 3.70. The Morgan fingerprint density at radius 3 is 2.38 bits per heavy atom. The Morgan fingerprint density at radius 2 is 1.72 bits per heavy atom. The maximum absolute atomic E-state index is 13.5. The van der Waals surface area contributed by atoms with E-state index in [0.717, 1.165) is 36.8 Å². The summed E-state index contributed by atoms with van der Waals surface area (Å²) in [4.78, 5) is 38.1. The lowest BCUT2D eigenvalue weighted by Gasteiger charge is -2.45. The molecule has 4 aliphatic carbocycles. The molecule has 0 spiro atoms. The van der Waals surface area contributed by atoms with Crippen LogP contribution in [-0.4, -0.2) is 43.5 Å². The second kappa shape index (κ2) is 6.93. The average molecular weight is 439 g/mol. The van der Waals surface area contributed by atoms with E-state index in [0.29, 0.717) is 12.3 Å². The Balaban J connectivity index is 1.66. The number of fused-ring (bicyclic) bond motifs is 3. The summed E-state index contributed by atoms with van der Waals surface area (Å²) in [5, 5.41) is 43.0. The van der Waals surface area contributed by atoms with Crippen molar-refractivity contribution >= 4 is 17.5 Å². The molecular formula is C24H25NO7. The monoisotopic (exact) mass is 439 g/mol. The van der Waals surface area contributed by atoms with Crippen LogP contribution < -0.4 is 5.73 Å². The van der Waals surface area contributed by atoms with Crippen molar-refractivity contribution in [3.63, 3.8) is 0 Å². The quantitative estimate of drug-likeness (QED) is 0.442. The van der Waals surface area contributed by atoms with Gasteiger partial charge < -0.3 is 26.2 Å². The van der Waals surface area contributed by atoms with Crippen LogP contribution in [0.15, 0.2) is 34.8 Å². The number of rotatable bonds is 2. The van der Waals surface area contributed by atoms with Crippen molar-refractivity contribution in [1.29, 1.82) is 0 Å². The van der Waals surface area contributed by atoms with Gasteiger partial charge in [0.15, 0.2) is 11.4 Å². The zero-order valence-electron chi connectivity index (χ0n) is 17.4. The van der Waals surface area contributed by atoms with E-state index >= 15 is 0 Å². The number of nitrogens with two attached hydrogens (primary N) is 1. The smallest absolute Gasteiger partial charge is 0.255 e. The van der Waals surface area contributed by atoms with Gasteiger partial charge in [-0.15, -0.1) is 0 Å². The number of hydrogen-bond acceptors (Lipinski definition) is 7. The van der Waals surface area contributed by atoms with Gasteiger partial charge >= 0.3 is 0 Å². The third-order valence-corrected chi connectivity index (χ3v) is 7.78. The highest BCUT2D eigenvalue weighted by Gasteiger charge is 2.59.